The lowest BCUT2D eigenvalue weighted by atomic mass is 10.1. The summed E-state index contributed by atoms with van der Waals surface area (Å²) in [7, 11) is 0. The number of alkyl halides is 4. The van der Waals surface area contributed by atoms with E-state index < -0.39 is 11.7 Å². The van der Waals surface area contributed by atoms with E-state index in [1.807, 2.05) is 13.8 Å². The van der Waals surface area contributed by atoms with E-state index >= 15 is 0 Å². The fraction of sp³-hybridized carbons (Fsp3) is 0.500. The van der Waals surface area contributed by atoms with Crippen LogP contribution in [0.3, 0.4) is 0 Å². The van der Waals surface area contributed by atoms with Crippen molar-refractivity contribution in [1.82, 2.24) is 0 Å². The zero-order chi connectivity index (χ0) is 13.1. The van der Waals surface area contributed by atoms with Gasteiger partial charge in [-0.05, 0) is 23.6 Å². The Balaban J connectivity index is 3.03. The molecule has 0 atom stereocenters. The molecule has 1 rings (SSSR count). The van der Waals surface area contributed by atoms with Gasteiger partial charge in [-0.15, -0.1) is 0 Å². The monoisotopic (exact) mass is 310 g/mol. The van der Waals surface area contributed by atoms with Gasteiger partial charge in [-0.25, -0.2) is 0 Å². The van der Waals surface area contributed by atoms with Crippen LogP contribution in [0.25, 0.3) is 0 Å². The number of benzene rings is 1. The maximum Gasteiger partial charge on any atom is 0.419 e. The van der Waals surface area contributed by atoms with Crippen LogP contribution in [-0.2, 0) is 11.5 Å². The highest BCUT2D eigenvalue weighted by molar-refractivity contribution is 9.08. The molecule has 0 radical (unpaired) electrons. The highest BCUT2D eigenvalue weighted by Crippen LogP contribution is 2.37. The zero-order valence-corrected chi connectivity index (χ0v) is 11.2. The maximum atomic E-state index is 12.8. The van der Waals surface area contributed by atoms with Crippen molar-refractivity contribution in [3.05, 3.63) is 29.3 Å². The van der Waals surface area contributed by atoms with Crippen LogP contribution in [0.2, 0.25) is 0 Å². The summed E-state index contributed by atoms with van der Waals surface area (Å²) in [5.74, 6) is 0.0860. The topological polar surface area (TPSA) is 9.23 Å². The SMILES string of the molecule is CC(C)COc1ccc(CBr)cc1C(F)(F)F. The fourth-order valence-electron chi connectivity index (χ4n) is 1.26. The van der Waals surface area contributed by atoms with Crippen LogP contribution in [0.15, 0.2) is 18.2 Å². The average Bonchev–Trinajstić information content (AvgIpc) is 2.24. The molecule has 0 heterocycles. The van der Waals surface area contributed by atoms with Gasteiger partial charge >= 0.3 is 6.18 Å². The second kappa shape index (κ2) is 5.76. The Bertz CT molecular complexity index is 375. The molecule has 1 aromatic rings. The van der Waals surface area contributed by atoms with Gasteiger partial charge in [0.2, 0.25) is 0 Å². The standard InChI is InChI=1S/C12H14BrF3O/c1-8(2)7-17-11-4-3-9(6-13)5-10(11)12(14,15)16/h3-5,8H,6-7H2,1-2H3. The van der Waals surface area contributed by atoms with E-state index in [4.69, 9.17) is 4.74 Å². The molecular formula is C12H14BrF3O. The smallest absolute Gasteiger partial charge is 0.419 e. The largest absolute Gasteiger partial charge is 0.493 e. The highest BCUT2D eigenvalue weighted by Gasteiger charge is 2.34. The number of hydrogen-bond donors (Lipinski definition) is 0. The predicted molar refractivity (Wildman–Crippen MR) is 64.4 cm³/mol. The van der Waals surface area contributed by atoms with Crippen LogP contribution < -0.4 is 4.74 Å². The van der Waals surface area contributed by atoms with Crippen molar-refractivity contribution in [2.75, 3.05) is 6.61 Å². The molecule has 0 N–H and O–H groups in total. The number of rotatable bonds is 4. The Morgan fingerprint density at radius 2 is 1.94 bits per heavy atom. The second-order valence-electron chi connectivity index (χ2n) is 4.17. The molecule has 0 aromatic heterocycles. The molecule has 0 spiro atoms. The minimum atomic E-state index is -4.38. The lowest BCUT2D eigenvalue weighted by Crippen LogP contribution is -2.12. The first-order valence-corrected chi connectivity index (χ1v) is 6.35. The summed E-state index contributed by atoms with van der Waals surface area (Å²) >= 11 is 3.14. The average molecular weight is 311 g/mol. The summed E-state index contributed by atoms with van der Waals surface area (Å²) < 4.78 is 43.6. The normalized spacial score (nSPS) is 11.9. The Morgan fingerprint density at radius 1 is 1.29 bits per heavy atom. The van der Waals surface area contributed by atoms with Crippen LogP contribution in [0.1, 0.15) is 25.0 Å². The van der Waals surface area contributed by atoms with Gasteiger partial charge in [0.05, 0.1) is 12.2 Å². The summed E-state index contributed by atoms with van der Waals surface area (Å²) in [6.07, 6.45) is -4.38. The van der Waals surface area contributed by atoms with Crippen molar-refractivity contribution in [2.24, 2.45) is 5.92 Å². The van der Waals surface area contributed by atoms with Gasteiger partial charge in [-0.2, -0.15) is 13.2 Å². The van der Waals surface area contributed by atoms with Crippen LogP contribution in [0, 0.1) is 5.92 Å². The van der Waals surface area contributed by atoms with Crippen LogP contribution >= 0.6 is 15.9 Å². The molecule has 17 heavy (non-hydrogen) atoms. The number of halogens is 4. The fourth-order valence-corrected chi connectivity index (χ4v) is 1.61. The van der Waals surface area contributed by atoms with Gasteiger partial charge in [0.25, 0.3) is 0 Å². The molecule has 0 saturated heterocycles. The number of hydrogen-bond acceptors (Lipinski definition) is 1. The molecule has 1 aromatic carbocycles. The first kappa shape index (κ1) is 14.4. The minimum Gasteiger partial charge on any atom is -0.493 e. The molecule has 0 amide bonds. The Labute approximate surface area is 107 Å². The third kappa shape index (κ3) is 4.22. The van der Waals surface area contributed by atoms with E-state index in [1.165, 1.54) is 6.07 Å². The third-order valence-electron chi connectivity index (χ3n) is 2.08. The van der Waals surface area contributed by atoms with Crippen molar-refractivity contribution in [1.29, 1.82) is 0 Å². The highest BCUT2D eigenvalue weighted by atomic mass is 79.9. The third-order valence-corrected chi connectivity index (χ3v) is 2.72. The molecule has 96 valence electrons. The van der Waals surface area contributed by atoms with Crippen molar-refractivity contribution in [2.45, 2.75) is 25.4 Å². The van der Waals surface area contributed by atoms with E-state index in [-0.39, 0.29) is 18.3 Å². The molecule has 0 bridgehead atoms. The van der Waals surface area contributed by atoms with Crippen molar-refractivity contribution in [3.63, 3.8) is 0 Å². The van der Waals surface area contributed by atoms with E-state index in [2.05, 4.69) is 15.9 Å². The Hall–Kier alpha value is -0.710. The van der Waals surface area contributed by atoms with Gasteiger partial charge in [-0.3, -0.25) is 0 Å². The minimum absolute atomic E-state index is 0.101. The summed E-state index contributed by atoms with van der Waals surface area (Å²) in [4.78, 5) is 0. The predicted octanol–water partition coefficient (Wildman–Crippen LogP) is 4.64. The van der Waals surface area contributed by atoms with Crippen molar-refractivity contribution >= 4 is 15.9 Å². The Morgan fingerprint density at radius 3 is 2.41 bits per heavy atom. The quantitative estimate of drug-likeness (QED) is 0.736. The summed E-state index contributed by atoms with van der Waals surface area (Å²) in [6, 6.07) is 4.12. The molecule has 0 saturated carbocycles. The van der Waals surface area contributed by atoms with Gasteiger partial charge < -0.3 is 4.74 Å². The molecule has 0 unspecified atom stereocenters. The van der Waals surface area contributed by atoms with E-state index in [0.717, 1.165) is 6.07 Å². The van der Waals surface area contributed by atoms with Gasteiger partial charge in [0, 0.05) is 5.33 Å². The van der Waals surface area contributed by atoms with Crippen molar-refractivity contribution < 1.29 is 17.9 Å². The molecule has 5 heteroatoms. The van der Waals surface area contributed by atoms with Gasteiger partial charge in [0.15, 0.2) is 0 Å². The summed E-state index contributed by atoms with van der Waals surface area (Å²) in [6.45, 7) is 4.05. The van der Waals surface area contributed by atoms with Gasteiger partial charge in [0.1, 0.15) is 5.75 Å². The molecule has 0 fully saturated rings. The van der Waals surface area contributed by atoms with E-state index in [0.29, 0.717) is 10.9 Å². The van der Waals surface area contributed by atoms with Gasteiger partial charge in [-0.1, -0.05) is 35.8 Å². The van der Waals surface area contributed by atoms with Crippen LogP contribution in [-0.4, -0.2) is 6.61 Å². The van der Waals surface area contributed by atoms with Crippen LogP contribution in [0.4, 0.5) is 13.2 Å². The Kier molecular flexibility index (Phi) is 4.86. The lowest BCUT2D eigenvalue weighted by Gasteiger charge is -2.16. The number of ether oxygens (including phenoxy) is 1. The maximum absolute atomic E-state index is 12.8. The summed E-state index contributed by atoms with van der Waals surface area (Å²) in [5, 5.41) is 0.389. The molecule has 0 aliphatic heterocycles. The second-order valence-corrected chi connectivity index (χ2v) is 4.73. The first-order chi connectivity index (χ1) is 7.84. The molecule has 0 aliphatic carbocycles. The zero-order valence-electron chi connectivity index (χ0n) is 9.64. The first-order valence-electron chi connectivity index (χ1n) is 5.23. The molecule has 0 aliphatic rings. The molecule has 1 nitrogen and oxygen atoms in total. The van der Waals surface area contributed by atoms with E-state index in [9.17, 15) is 13.2 Å². The van der Waals surface area contributed by atoms with Crippen LogP contribution in [0.5, 0.6) is 5.75 Å². The lowest BCUT2D eigenvalue weighted by molar-refractivity contribution is -0.139. The van der Waals surface area contributed by atoms with E-state index in [1.54, 1.807) is 6.07 Å². The van der Waals surface area contributed by atoms with Crippen molar-refractivity contribution in [3.8, 4) is 5.75 Å². The molecular weight excluding hydrogens is 297 g/mol. The summed E-state index contributed by atoms with van der Waals surface area (Å²) in [5.41, 5.74) is -0.135.